The fourth-order valence-electron chi connectivity index (χ4n) is 5.32. The van der Waals surface area contributed by atoms with Gasteiger partial charge in [-0.3, -0.25) is 9.78 Å². The van der Waals surface area contributed by atoms with Crippen molar-refractivity contribution in [2.75, 3.05) is 25.5 Å². The Labute approximate surface area is 207 Å². The molecule has 5 rings (SSSR count). The second-order valence-corrected chi connectivity index (χ2v) is 10.0. The normalized spacial score (nSPS) is 22.5. The maximum Gasteiger partial charge on any atom is 0.227 e. The van der Waals surface area contributed by atoms with Crippen molar-refractivity contribution in [3.63, 3.8) is 0 Å². The summed E-state index contributed by atoms with van der Waals surface area (Å²) in [5.41, 5.74) is 5.41. The molecule has 1 amide bonds. The fourth-order valence-corrected chi connectivity index (χ4v) is 5.32. The number of anilines is 1. The van der Waals surface area contributed by atoms with Crippen LogP contribution in [0.1, 0.15) is 47.3 Å². The number of pyridine rings is 1. The number of carbonyl (C=O) groups excluding carboxylic acids is 1. The van der Waals surface area contributed by atoms with E-state index in [4.69, 9.17) is 4.98 Å². The van der Waals surface area contributed by atoms with Gasteiger partial charge in [-0.05, 0) is 63.0 Å². The summed E-state index contributed by atoms with van der Waals surface area (Å²) < 4.78 is 0. The summed E-state index contributed by atoms with van der Waals surface area (Å²) in [6, 6.07) is 14.7. The van der Waals surface area contributed by atoms with Gasteiger partial charge in [-0.25, -0.2) is 9.97 Å². The van der Waals surface area contributed by atoms with Gasteiger partial charge >= 0.3 is 0 Å². The molecule has 0 aliphatic carbocycles. The second kappa shape index (κ2) is 10.1. The molecule has 35 heavy (non-hydrogen) atoms. The average Bonchev–Trinajstić information content (AvgIpc) is 2.88. The van der Waals surface area contributed by atoms with Gasteiger partial charge in [0.1, 0.15) is 0 Å². The van der Waals surface area contributed by atoms with Crippen molar-refractivity contribution >= 4 is 11.9 Å². The van der Waals surface area contributed by atoms with Crippen LogP contribution >= 0.6 is 0 Å². The summed E-state index contributed by atoms with van der Waals surface area (Å²) in [5.74, 6) is 1.05. The number of aromatic nitrogens is 3. The van der Waals surface area contributed by atoms with E-state index in [0.29, 0.717) is 19.0 Å². The van der Waals surface area contributed by atoms with E-state index in [1.54, 1.807) is 0 Å². The molecule has 0 unspecified atom stereocenters. The highest BCUT2D eigenvalue weighted by molar-refractivity contribution is 5.80. The lowest BCUT2D eigenvalue weighted by Crippen LogP contribution is -2.50. The van der Waals surface area contributed by atoms with Crippen molar-refractivity contribution in [3.05, 3.63) is 82.9 Å². The Morgan fingerprint density at radius 2 is 1.94 bits per heavy atom. The number of hydrogen-bond acceptors (Lipinski definition) is 6. The SMILES string of the molecule is Cc1ccc(CNc2ncc3c(n2)CN(C(=O)[C@H]2CCN(C)C[C@@H]2c2ccccc2)[C@H](C)C3)cn1. The van der Waals surface area contributed by atoms with Gasteiger partial charge in [-0.15, -0.1) is 0 Å². The molecular formula is C28H34N6O. The van der Waals surface area contributed by atoms with Gasteiger partial charge in [0, 0.05) is 49.1 Å². The number of fused-ring (bicyclic) bond motifs is 1. The number of carbonyl (C=O) groups is 1. The minimum Gasteiger partial charge on any atom is -0.350 e. The van der Waals surface area contributed by atoms with Crippen LogP contribution in [0.3, 0.4) is 0 Å². The molecule has 2 aliphatic rings. The first-order chi connectivity index (χ1) is 17.0. The number of benzene rings is 1. The van der Waals surface area contributed by atoms with Crippen LogP contribution in [0.5, 0.6) is 0 Å². The number of piperidine rings is 1. The van der Waals surface area contributed by atoms with Crippen LogP contribution < -0.4 is 5.32 Å². The number of likely N-dealkylation sites (N-methyl/N-ethyl adjacent to an activating group) is 1. The minimum absolute atomic E-state index is 0.00827. The molecule has 3 aromatic rings. The zero-order valence-corrected chi connectivity index (χ0v) is 20.8. The van der Waals surface area contributed by atoms with Gasteiger partial charge in [0.2, 0.25) is 11.9 Å². The third-order valence-corrected chi connectivity index (χ3v) is 7.39. The molecule has 0 radical (unpaired) electrons. The molecule has 1 fully saturated rings. The first-order valence-electron chi connectivity index (χ1n) is 12.5. The number of aryl methyl sites for hydroxylation is 1. The van der Waals surface area contributed by atoms with Crippen molar-refractivity contribution in [3.8, 4) is 0 Å². The Bertz CT molecular complexity index is 1170. The van der Waals surface area contributed by atoms with Crippen molar-refractivity contribution in [2.24, 2.45) is 5.92 Å². The number of hydrogen-bond donors (Lipinski definition) is 1. The number of rotatable bonds is 5. The highest BCUT2D eigenvalue weighted by atomic mass is 16.2. The molecule has 4 heterocycles. The topological polar surface area (TPSA) is 74.2 Å². The van der Waals surface area contributed by atoms with Crippen LogP contribution in [-0.4, -0.2) is 56.8 Å². The summed E-state index contributed by atoms with van der Waals surface area (Å²) in [6.07, 6.45) is 5.45. The van der Waals surface area contributed by atoms with Gasteiger partial charge in [0.05, 0.1) is 12.2 Å². The molecule has 182 valence electrons. The van der Waals surface area contributed by atoms with Crippen molar-refractivity contribution in [1.29, 1.82) is 0 Å². The Balaban J connectivity index is 1.32. The van der Waals surface area contributed by atoms with E-state index < -0.39 is 0 Å². The minimum atomic E-state index is -0.00827. The van der Waals surface area contributed by atoms with Crippen molar-refractivity contribution in [1.82, 2.24) is 24.8 Å². The summed E-state index contributed by atoms with van der Waals surface area (Å²) in [7, 11) is 2.15. The van der Waals surface area contributed by atoms with Gasteiger partial charge in [0.25, 0.3) is 0 Å². The van der Waals surface area contributed by atoms with Crippen LogP contribution in [0.2, 0.25) is 0 Å². The quantitative estimate of drug-likeness (QED) is 0.611. The van der Waals surface area contributed by atoms with E-state index in [2.05, 4.69) is 69.4 Å². The zero-order valence-electron chi connectivity index (χ0n) is 20.8. The third-order valence-electron chi connectivity index (χ3n) is 7.39. The predicted octanol–water partition coefficient (Wildman–Crippen LogP) is 3.80. The highest BCUT2D eigenvalue weighted by Gasteiger charge is 2.39. The fraction of sp³-hybridized carbons (Fsp3) is 0.429. The molecule has 2 aliphatic heterocycles. The second-order valence-electron chi connectivity index (χ2n) is 10.0. The molecule has 0 saturated carbocycles. The van der Waals surface area contributed by atoms with E-state index >= 15 is 0 Å². The largest absolute Gasteiger partial charge is 0.350 e. The molecular weight excluding hydrogens is 436 g/mol. The van der Waals surface area contributed by atoms with E-state index in [1.807, 2.05) is 31.5 Å². The van der Waals surface area contributed by atoms with Crippen molar-refractivity contribution < 1.29 is 4.79 Å². The van der Waals surface area contributed by atoms with E-state index in [-0.39, 0.29) is 23.8 Å². The maximum absolute atomic E-state index is 13.9. The molecule has 1 saturated heterocycles. The first kappa shape index (κ1) is 23.4. The van der Waals surface area contributed by atoms with Crippen LogP contribution in [0, 0.1) is 12.8 Å². The lowest BCUT2D eigenvalue weighted by Gasteiger charge is -2.42. The Morgan fingerprint density at radius 1 is 1.11 bits per heavy atom. The predicted molar refractivity (Wildman–Crippen MR) is 137 cm³/mol. The first-order valence-corrected chi connectivity index (χ1v) is 12.5. The monoisotopic (exact) mass is 470 g/mol. The van der Waals surface area contributed by atoms with Gasteiger partial charge in [0.15, 0.2) is 0 Å². The van der Waals surface area contributed by atoms with E-state index in [1.165, 1.54) is 5.56 Å². The maximum atomic E-state index is 13.9. The zero-order chi connectivity index (χ0) is 24.4. The van der Waals surface area contributed by atoms with Gasteiger partial charge < -0.3 is 15.1 Å². The van der Waals surface area contributed by atoms with Crippen LogP contribution in [0.15, 0.2) is 54.9 Å². The van der Waals surface area contributed by atoms with Crippen LogP contribution in [-0.2, 0) is 24.3 Å². The lowest BCUT2D eigenvalue weighted by molar-refractivity contribution is -0.141. The Hall–Kier alpha value is -3.32. The molecule has 0 spiro atoms. The molecule has 7 heteroatoms. The van der Waals surface area contributed by atoms with Gasteiger partial charge in [-0.2, -0.15) is 0 Å². The van der Waals surface area contributed by atoms with E-state index in [9.17, 15) is 4.79 Å². The highest BCUT2D eigenvalue weighted by Crippen LogP contribution is 2.35. The molecule has 2 aromatic heterocycles. The summed E-state index contributed by atoms with van der Waals surface area (Å²) >= 11 is 0. The van der Waals surface area contributed by atoms with E-state index in [0.717, 1.165) is 48.4 Å². The number of nitrogens with one attached hydrogen (secondary N) is 1. The van der Waals surface area contributed by atoms with Crippen LogP contribution in [0.25, 0.3) is 0 Å². The Kier molecular flexibility index (Phi) is 6.77. The number of amides is 1. The smallest absolute Gasteiger partial charge is 0.227 e. The molecule has 1 aromatic carbocycles. The Morgan fingerprint density at radius 3 is 2.71 bits per heavy atom. The average molecular weight is 471 g/mol. The summed E-state index contributed by atoms with van der Waals surface area (Å²) in [5, 5.41) is 3.31. The van der Waals surface area contributed by atoms with Crippen LogP contribution in [0.4, 0.5) is 5.95 Å². The molecule has 0 bridgehead atoms. The van der Waals surface area contributed by atoms with Crippen molar-refractivity contribution in [2.45, 2.75) is 51.7 Å². The molecule has 7 nitrogen and oxygen atoms in total. The number of nitrogens with zero attached hydrogens (tertiary/aromatic N) is 5. The third kappa shape index (κ3) is 5.20. The molecule has 1 N–H and O–H groups in total. The lowest BCUT2D eigenvalue weighted by atomic mass is 9.79. The summed E-state index contributed by atoms with van der Waals surface area (Å²) in [4.78, 5) is 32.0. The molecule has 3 atom stereocenters. The standard InChI is InChI=1S/C28H34N6O/c1-19-9-10-21(14-29-19)15-30-28-31-16-23-13-20(2)34(18-26(23)32-28)27(35)24-11-12-33(3)17-25(24)22-7-5-4-6-8-22/h4-10,14,16,20,24-25H,11-13,15,17-18H2,1-3H3,(H,30,31,32)/t20-,24+,25-/m1/s1. The number of likely N-dealkylation sites (tertiary alicyclic amines) is 1. The van der Waals surface area contributed by atoms with Gasteiger partial charge in [-0.1, -0.05) is 36.4 Å². The summed E-state index contributed by atoms with van der Waals surface area (Å²) in [6.45, 7) is 7.12.